The second kappa shape index (κ2) is 6.84. The van der Waals surface area contributed by atoms with E-state index in [-0.39, 0.29) is 23.7 Å². The maximum absolute atomic E-state index is 12.0. The molecule has 0 aromatic heterocycles. The molecule has 1 aliphatic heterocycles. The Morgan fingerprint density at radius 2 is 1.73 bits per heavy atom. The summed E-state index contributed by atoms with van der Waals surface area (Å²) in [4.78, 5) is 29.1. The molecule has 0 spiro atoms. The first-order valence-electron chi connectivity index (χ1n) is 8.08. The molecule has 26 heavy (non-hydrogen) atoms. The highest BCUT2D eigenvalue weighted by atomic mass is 16.4. The van der Waals surface area contributed by atoms with Crippen LogP contribution >= 0.6 is 0 Å². The minimum atomic E-state index is -0.999. The predicted molar refractivity (Wildman–Crippen MR) is 101 cm³/mol. The van der Waals surface area contributed by atoms with Gasteiger partial charge in [-0.25, -0.2) is 9.79 Å². The van der Waals surface area contributed by atoms with E-state index in [1.807, 2.05) is 30.3 Å². The molecule has 0 saturated carbocycles. The van der Waals surface area contributed by atoms with E-state index >= 15 is 0 Å². The lowest BCUT2D eigenvalue weighted by atomic mass is 10.00. The molecule has 1 heterocycles. The second-order valence-corrected chi connectivity index (χ2v) is 6.31. The lowest BCUT2D eigenvalue weighted by Crippen LogP contribution is -2.21. The van der Waals surface area contributed by atoms with Crippen LogP contribution in [-0.2, 0) is 4.79 Å². The molecule has 6 nitrogen and oxygen atoms in total. The highest BCUT2D eigenvalue weighted by Crippen LogP contribution is 2.31. The molecule has 132 valence electrons. The molecule has 0 bridgehead atoms. The van der Waals surface area contributed by atoms with E-state index < -0.39 is 5.97 Å². The van der Waals surface area contributed by atoms with Crippen LogP contribution < -0.4 is 5.73 Å². The zero-order valence-electron chi connectivity index (χ0n) is 14.6. The number of amides is 1. The monoisotopic (exact) mass is 349 g/mol. The van der Waals surface area contributed by atoms with Gasteiger partial charge < -0.3 is 15.7 Å². The third kappa shape index (κ3) is 3.49. The quantitative estimate of drug-likeness (QED) is 0.890. The van der Waals surface area contributed by atoms with E-state index in [1.165, 1.54) is 4.90 Å². The van der Waals surface area contributed by atoms with Crippen LogP contribution in [0.1, 0.15) is 22.3 Å². The van der Waals surface area contributed by atoms with E-state index in [4.69, 9.17) is 5.73 Å². The van der Waals surface area contributed by atoms with E-state index in [9.17, 15) is 14.7 Å². The van der Waals surface area contributed by atoms with Crippen LogP contribution in [0, 0.1) is 0 Å². The highest BCUT2D eigenvalue weighted by molar-refractivity contribution is 6.02. The normalized spacial score (nSPS) is 13.2. The maximum Gasteiger partial charge on any atom is 0.332 e. The van der Waals surface area contributed by atoms with Gasteiger partial charge in [-0.2, -0.15) is 0 Å². The number of aliphatic carboxylic acids is 1. The lowest BCUT2D eigenvalue weighted by molar-refractivity contribution is -0.132. The summed E-state index contributed by atoms with van der Waals surface area (Å²) >= 11 is 0. The molecule has 1 amide bonds. The fourth-order valence-corrected chi connectivity index (χ4v) is 2.77. The van der Waals surface area contributed by atoms with Crippen LogP contribution in [0.5, 0.6) is 0 Å². The molecule has 3 rings (SSSR count). The average Bonchev–Trinajstić information content (AvgIpc) is 2.78. The summed E-state index contributed by atoms with van der Waals surface area (Å²) in [7, 11) is 3.42. The van der Waals surface area contributed by atoms with Gasteiger partial charge in [-0.15, -0.1) is 0 Å². The summed E-state index contributed by atoms with van der Waals surface area (Å²) < 4.78 is 0. The van der Waals surface area contributed by atoms with Crippen molar-refractivity contribution in [1.82, 2.24) is 4.90 Å². The fourth-order valence-electron chi connectivity index (χ4n) is 2.77. The number of nitrogens with zero attached hydrogens (tertiary/aromatic N) is 2. The Hall–Kier alpha value is -3.41. The van der Waals surface area contributed by atoms with Gasteiger partial charge >= 0.3 is 5.97 Å². The van der Waals surface area contributed by atoms with Crippen molar-refractivity contribution in [3.63, 3.8) is 0 Å². The Morgan fingerprint density at radius 1 is 1.08 bits per heavy atom. The third-order valence-electron chi connectivity index (χ3n) is 4.14. The topological polar surface area (TPSA) is 96.0 Å². The zero-order chi connectivity index (χ0) is 18.8. The number of benzene rings is 2. The first-order valence-corrected chi connectivity index (χ1v) is 8.08. The van der Waals surface area contributed by atoms with Gasteiger partial charge in [0.2, 0.25) is 0 Å². The number of fused-ring (bicyclic) bond motifs is 1. The highest BCUT2D eigenvalue weighted by Gasteiger charge is 2.16. The molecule has 6 heteroatoms. The minimum Gasteiger partial charge on any atom is -0.478 e. The van der Waals surface area contributed by atoms with Crippen molar-refractivity contribution in [2.24, 2.45) is 10.7 Å². The molecule has 0 saturated heterocycles. The van der Waals surface area contributed by atoms with Gasteiger partial charge in [0.25, 0.3) is 5.91 Å². The van der Waals surface area contributed by atoms with E-state index in [2.05, 4.69) is 4.99 Å². The predicted octanol–water partition coefficient (Wildman–Crippen LogP) is 2.92. The molecule has 0 aliphatic carbocycles. The zero-order valence-corrected chi connectivity index (χ0v) is 14.6. The van der Waals surface area contributed by atoms with Gasteiger partial charge in [-0.3, -0.25) is 4.79 Å². The first kappa shape index (κ1) is 17.4. The van der Waals surface area contributed by atoms with Crippen LogP contribution in [0.25, 0.3) is 17.2 Å². The fraction of sp³-hybridized carbons (Fsp3) is 0.150. The lowest BCUT2D eigenvalue weighted by Gasteiger charge is -2.11. The van der Waals surface area contributed by atoms with E-state index in [0.29, 0.717) is 16.8 Å². The number of amidine groups is 1. The SMILES string of the molecule is CN(C)C(=O)c1ccc(-c2ccc3c(c2)N=C(N)CC(C(=O)O)=C3)cc1. The van der Waals surface area contributed by atoms with Crippen molar-refractivity contribution in [3.05, 3.63) is 59.2 Å². The Morgan fingerprint density at radius 3 is 2.35 bits per heavy atom. The number of carbonyl (C=O) groups excluding carboxylic acids is 1. The molecule has 0 fully saturated rings. The van der Waals surface area contributed by atoms with Crippen molar-refractivity contribution in [3.8, 4) is 11.1 Å². The van der Waals surface area contributed by atoms with Crippen molar-refractivity contribution in [2.45, 2.75) is 6.42 Å². The summed E-state index contributed by atoms with van der Waals surface area (Å²) in [5, 5.41) is 9.24. The van der Waals surface area contributed by atoms with E-state index in [1.54, 1.807) is 32.3 Å². The third-order valence-corrected chi connectivity index (χ3v) is 4.14. The Kier molecular flexibility index (Phi) is 4.58. The number of nitrogens with two attached hydrogens (primary N) is 1. The number of carboxylic acids is 1. The number of hydrogen-bond acceptors (Lipinski definition) is 4. The Balaban J connectivity index is 1.98. The van der Waals surface area contributed by atoms with Gasteiger partial charge in [0.05, 0.1) is 5.69 Å². The van der Waals surface area contributed by atoms with Gasteiger partial charge in [-0.1, -0.05) is 24.3 Å². The molecular formula is C20H19N3O3. The summed E-state index contributed by atoms with van der Waals surface area (Å²) in [5.41, 5.74) is 9.87. The van der Waals surface area contributed by atoms with Gasteiger partial charge in [0.1, 0.15) is 5.84 Å². The molecule has 0 unspecified atom stereocenters. The first-order chi connectivity index (χ1) is 12.3. The van der Waals surface area contributed by atoms with Gasteiger partial charge in [-0.05, 0) is 35.4 Å². The number of carbonyl (C=O) groups is 2. The van der Waals surface area contributed by atoms with Gasteiger partial charge in [0, 0.05) is 37.2 Å². The minimum absolute atomic E-state index is 0.0535. The number of rotatable bonds is 3. The molecule has 2 aromatic carbocycles. The number of aliphatic imine (C=N–C) groups is 1. The standard InChI is InChI=1S/C20H19N3O3/c1-23(2)19(24)13-5-3-12(4-6-13)14-7-8-15-9-16(20(25)26)11-18(21)22-17(15)10-14/h3-10H,11H2,1-2H3,(H2,21,22)(H,25,26). The van der Waals surface area contributed by atoms with E-state index in [0.717, 1.165) is 11.1 Å². The molecule has 2 aromatic rings. The largest absolute Gasteiger partial charge is 0.478 e. The van der Waals surface area contributed by atoms with Crippen molar-refractivity contribution in [1.29, 1.82) is 0 Å². The molecule has 3 N–H and O–H groups in total. The Bertz CT molecular complexity index is 941. The van der Waals surface area contributed by atoms with Crippen LogP contribution in [0.15, 0.2) is 53.0 Å². The number of hydrogen-bond donors (Lipinski definition) is 2. The molecular weight excluding hydrogens is 330 g/mol. The smallest absolute Gasteiger partial charge is 0.332 e. The molecule has 0 radical (unpaired) electrons. The second-order valence-electron chi connectivity index (χ2n) is 6.31. The van der Waals surface area contributed by atoms with Crippen LogP contribution in [0.3, 0.4) is 0 Å². The molecule has 0 atom stereocenters. The Labute approximate surface area is 151 Å². The summed E-state index contributed by atoms with van der Waals surface area (Å²) in [6.45, 7) is 0. The van der Waals surface area contributed by atoms with Gasteiger partial charge in [0.15, 0.2) is 0 Å². The number of carboxylic acid groups (broad SMARTS) is 1. The summed E-state index contributed by atoms with van der Waals surface area (Å²) in [5.74, 6) is -0.787. The van der Waals surface area contributed by atoms with Crippen LogP contribution in [0.2, 0.25) is 0 Å². The summed E-state index contributed by atoms with van der Waals surface area (Å²) in [6.07, 6.45) is 1.71. The average molecular weight is 349 g/mol. The van der Waals surface area contributed by atoms with Crippen molar-refractivity contribution >= 4 is 29.5 Å². The maximum atomic E-state index is 12.0. The van der Waals surface area contributed by atoms with Crippen LogP contribution in [0.4, 0.5) is 5.69 Å². The molecule has 1 aliphatic rings. The van der Waals surface area contributed by atoms with Crippen molar-refractivity contribution < 1.29 is 14.7 Å². The summed E-state index contributed by atoms with van der Waals surface area (Å²) in [6, 6.07) is 12.9. The van der Waals surface area contributed by atoms with Crippen LogP contribution in [-0.4, -0.2) is 41.8 Å². The van der Waals surface area contributed by atoms with Crippen molar-refractivity contribution in [2.75, 3.05) is 14.1 Å².